The van der Waals surface area contributed by atoms with Crippen LogP contribution in [0, 0.1) is 107 Å². The monoisotopic (exact) mass is 1070 g/mol. The van der Waals surface area contributed by atoms with Gasteiger partial charge in [0.15, 0.2) is 71.3 Å². The Morgan fingerprint density at radius 3 is 0.694 bits per heavy atom. The van der Waals surface area contributed by atoms with Crippen LogP contribution in [0.2, 0.25) is 0 Å². The fourth-order valence-electron chi connectivity index (χ4n) is 6.17. The lowest BCUT2D eigenvalue weighted by Crippen LogP contribution is -2.65. The first kappa shape index (κ1) is 54.2. The third-order valence-electron chi connectivity index (χ3n) is 9.98. The van der Waals surface area contributed by atoms with Gasteiger partial charge >= 0.3 is 23.7 Å². The van der Waals surface area contributed by atoms with Gasteiger partial charge in [0.1, 0.15) is 11.5 Å². The standard InChI is InChI=1S/C44H18F24O4/c1-13-3-7-15(8-4-13)71-39-33(57)25(49)19(26(50)34(39)58)17-21(45)29(53)37(30(54)22(17)46)69-11-41(61,62)43(65,66)44(67,68)42(63,64)12-70-38-31(55)23(47)18(24(48)32(38)56)20-27(51)35(59)40(36(60)28(20)52)72-16-9-5-14(2)6-10-16/h3-10H,11-12H2,1-2H3. The molecule has 0 spiro atoms. The molecular weight excluding hydrogens is 1050 g/mol. The van der Waals surface area contributed by atoms with Gasteiger partial charge in [0, 0.05) is 0 Å². The van der Waals surface area contributed by atoms with Crippen molar-refractivity contribution >= 4 is 0 Å². The fraction of sp³-hybridized carbons (Fsp3) is 0.182. The third-order valence-corrected chi connectivity index (χ3v) is 9.98. The molecule has 0 aliphatic rings. The van der Waals surface area contributed by atoms with Crippen LogP contribution in [0.15, 0.2) is 48.5 Å². The number of ether oxygens (including phenoxy) is 4. The van der Waals surface area contributed by atoms with Crippen molar-refractivity contribution in [2.45, 2.75) is 37.5 Å². The Hall–Kier alpha value is -7.16. The molecule has 0 aliphatic heterocycles. The largest absolute Gasteiger partial charge is 0.481 e. The molecule has 4 nitrogen and oxygen atoms in total. The molecule has 6 rings (SSSR count). The van der Waals surface area contributed by atoms with Gasteiger partial charge in [0.2, 0.25) is 58.0 Å². The highest BCUT2D eigenvalue weighted by molar-refractivity contribution is 5.71. The molecule has 0 aromatic heterocycles. The smallest absolute Gasteiger partial charge is 0.381 e. The van der Waals surface area contributed by atoms with Crippen molar-refractivity contribution < 1.29 is 124 Å². The first-order valence-corrected chi connectivity index (χ1v) is 18.9. The third kappa shape index (κ3) is 8.95. The van der Waals surface area contributed by atoms with E-state index in [1.54, 1.807) is 0 Å². The van der Waals surface area contributed by atoms with Crippen LogP contribution in [0.25, 0.3) is 22.3 Å². The summed E-state index contributed by atoms with van der Waals surface area (Å²) in [4.78, 5) is 0. The lowest BCUT2D eigenvalue weighted by molar-refractivity contribution is -0.372. The van der Waals surface area contributed by atoms with Gasteiger partial charge in [-0.3, -0.25) is 0 Å². The molecule has 0 amide bonds. The summed E-state index contributed by atoms with van der Waals surface area (Å²) in [6.07, 6.45) is 0. The summed E-state index contributed by atoms with van der Waals surface area (Å²) < 4.78 is 374. The van der Waals surface area contributed by atoms with Gasteiger partial charge in [-0.15, -0.1) is 0 Å². The Bertz CT molecular complexity index is 2800. The molecule has 0 N–H and O–H groups in total. The molecule has 0 saturated carbocycles. The molecule has 6 aromatic carbocycles. The topological polar surface area (TPSA) is 36.9 Å². The predicted octanol–water partition coefficient (Wildman–Crippen LogP) is 15.4. The number of hydrogen-bond acceptors (Lipinski definition) is 4. The van der Waals surface area contributed by atoms with E-state index in [1.807, 2.05) is 0 Å². The molecule has 6 aromatic rings. The average molecular weight is 1070 g/mol. The predicted molar refractivity (Wildman–Crippen MR) is 196 cm³/mol. The Labute approximate surface area is 384 Å². The highest BCUT2D eigenvalue weighted by atomic mass is 19.4. The highest BCUT2D eigenvalue weighted by Crippen LogP contribution is 2.54. The van der Waals surface area contributed by atoms with Crippen LogP contribution >= 0.6 is 0 Å². The normalized spacial score (nSPS) is 12.4. The maximum Gasteiger partial charge on any atom is 0.381 e. The van der Waals surface area contributed by atoms with Gasteiger partial charge in [-0.05, 0) is 38.1 Å². The van der Waals surface area contributed by atoms with Crippen LogP contribution in [-0.4, -0.2) is 36.9 Å². The minimum Gasteiger partial charge on any atom is -0.481 e. The first-order valence-electron chi connectivity index (χ1n) is 18.9. The summed E-state index contributed by atoms with van der Waals surface area (Å²) in [6, 6.07) is 9.02. The van der Waals surface area contributed by atoms with Crippen molar-refractivity contribution in [1.29, 1.82) is 0 Å². The van der Waals surface area contributed by atoms with Gasteiger partial charge in [-0.1, -0.05) is 35.4 Å². The molecule has 0 radical (unpaired) electrons. The zero-order valence-corrected chi connectivity index (χ0v) is 34.7. The molecule has 0 saturated heterocycles. The van der Waals surface area contributed by atoms with Crippen molar-refractivity contribution in [3.8, 4) is 56.8 Å². The van der Waals surface area contributed by atoms with Gasteiger partial charge in [0.05, 0.1) is 22.3 Å². The van der Waals surface area contributed by atoms with Crippen LogP contribution in [0.4, 0.5) is 105 Å². The van der Waals surface area contributed by atoms with Crippen LogP contribution < -0.4 is 18.9 Å². The van der Waals surface area contributed by atoms with E-state index in [2.05, 4.69) is 18.9 Å². The summed E-state index contributed by atoms with van der Waals surface area (Å²) >= 11 is 0. The second-order valence-electron chi connectivity index (χ2n) is 14.8. The van der Waals surface area contributed by atoms with Crippen LogP contribution in [-0.2, 0) is 0 Å². The van der Waals surface area contributed by atoms with Gasteiger partial charge < -0.3 is 18.9 Å². The first-order chi connectivity index (χ1) is 33.2. The number of aryl methyl sites for hydroxylation is 2. The van der Waals surface area contributed by atoms with Crippen molar-refractivity contribution in [3.05, 3.63) is 153 Å². The van der Waals surface area contributed by atoms with Crippen LogP contribution in [0.3, 0.4) is 0 Å². The van der Waals surface area contributed by atoms with Gasteiger partial charge in [-0.25, -0.2) is 35.1 Å². The molecule has 72 heavy (non-hydrogen) atoms. The number of rotatable bonds is 15. The lowest BCUT2D eigenvalue weighted by atomic mass is 9.99. The van der Waals surface area contributed by atoms with E-state index in [-0.39, 0.29) is 0 Å². The molecule has 386 valence electrons. The number of halogens is 24. The fourth-order valence-corrected chi connectivity index (χ4v) is 6.17. The minimum atomic E-state index is -7.70. The summed E-state index contributed by atoms with van der Waals surface area (Å²) in [5.74, 6) is -88.1. The summed E-state index contributed by atoms with van der Waals surface area (Å²) in [6.45, 7) is -4.44. The van der Waals surface area contributed by atoms with E-state index in [9.17, 15) is 70.2 Å². The molecule has 0 bridgehead atoms. The van der Waals surface area contributed by atoms with E-state index < -0.39 is 187 Å². The van der Waals surface area contributed by atoms with E-state index in [0.717, 1.165) is 24.3 Å². The van der Waals surface area contributed by atoms with Crippen molar-refractivity contribution in [1.82, 2.24) is 0 Å². The van der Waals surface area contributed by atoms with Crippen molar-refractivity contribution in [2.24, 2.45) is 0 Å². The zero-order chi connectivity index (χ0) is 54.1. The Morgan fingerprint density at radius 2 is 0.486 bits per heavy atom. The minimum absolute atomic E-state index is 0.511. The van der Waals surface area contributed by atoms with Crippen molar-refractivity contribution in [2.75, 3.05) is 13.2 Å². The number of benzene rings is 6. The summed E-state index contributed by atoms with van der Waals surface area (Å²) in [7, 11) is 0. The second kappa shape index (κ2) is 19.1. The van der Waals surface area contributed by atoms with Gasteiger partial charge in [0.25, 0.3) is 0 Å². The van der Waals surface area contributed by atoms with E-state index in [1.165, 1.54) is 38.1 Å². The molecule has 28 heteroatoms. The maximum atomic E-state index is 15.1. The van der Waals surface area contributed by atoms with Crippen LogP contribution in [0.1, 0.15) is 11.1 Å². The van der Waals surface area contributed by atoms with E-state index in [0.29, 0.717) is 11.1 Å². The highest BCUT2D eigenvalue weighted by Gasteiger charge is 2.81. The summed E-state index contributed by atoms with van der Waals surface area (Å²) in [5, 5.41) is 0. The number of hydrogen-bond donors (Lipinski definition) is 0. The average Bonchev–Trinajstić information content (AvgIpc) is 3.32. The molecule has 0 heterocycles. The lowest BCUT2D eigenvalue weighted by Gasteiger charge is -2.36. The molecule has 0 fully saturated rings. The second-order valence-corrected chi connectivity index (χ2v) is 14.8. The Morgan fingerprint density at radius 1 is 0.292 bits per heavy atom. The quantitative estimate of drug-likeness (QED) is 0.0759. The molecule has 0 unspecified atom stereocenters. The molecule has 0 aliphatic carbocycles. The maximum absolute atomic E-state index is 15.1. The Balaban J connectivity index is 1.25. The molecular formula is C44H18F24O4. The van der Waals surface area contributed by atoms with E-state index in [4.69, 9.17) is 0 Å². The van der Waals surface area contributed by atoms with Crippen LogP contribution in [0.5, 0.6) is 34.5 Å². The zero-order valence-electron chi connectivity index (χ0n) is 34.7. The van der Waals surface area contributed by atoms with E-state index >= 15 is 35.1 Å². The summed E-state index contributed by atoms with van der Waals surface area (Å²) in [5.41, 5.74) is -9.62. The number of alkyl halides is 8. The van der Waals surface area contributed by atoms with Crippen molar-refractivity contribution in [3.63, 3.8) is 0 Å². The Kier molecular flexibility index (Phi) is 14.4. The molecule has 0 atom stereocenters. The SMILES string of the molecule is Cc1ccc(Oc2c(F)c(F)c(-c3c(F)c(F)c(OCC(F)(F)C(F)(F)C(F)(F)C(F)(F)COc4c(F)c(F)c(-c5c(F)c(F)c(Oc6ccc(C)cc6)c(F)c5F)c(F)c4F)c(F)c3F)c(F)c2F)cc1. The van der Waals surface area contributed by atoms with Gasteiger partial charge in [-0.2, -0.15) is 70.2 Å².